The predicted octanol–water partition coefficient (Wildman–Crippen LogP) is 2.27. The van der Waals surface area contributed by atoms with Gasteiger partial charge in [0.15, 0.2) is 0 Å². The van der Waals surface area contributed by atoms with Crippen LogP contribution in [0.3, 0.4) is 0 Å². The predicted molar refractivity (Wildman–Crippen MR) is 88.7 cm³/mol. The highest BCUT2D eigenvalue weighted by atomic mass is 35.5. The molecule has 0 aliphatic carbocycles. The molecule has 2 aromatic rings. The van der Waals surface area contributed by atoms with Gasteiger partial charge in [0.25, 0.3) is 0 Å². The van der Waals surface area contributed by atoms with Crippen molar-refractivity contribution in [2.75, 3.05) is 26.2 Å². The molecule has 2 heterocycles. The minimum absolute atomic E-state index is 0.0753. The van der Waals surface area contributed by atoms with Gasteiger partial charge >= 0.3 is 0 Å². The van der Waals surface area contributed by atoms with E-state index in [1.807, 2.05) is 6.92 Å². The fraction of sp³-hybridized carbons (Fsp3) is 0.400. The number of hydrogen-bond acceptors (Lipinski definition) is 4. The first-order valence-electron chi connectivity index (χ1n) is 7.62. The summed E-state index contributed by atoms with van der Waals surface area (Å²) in [6.07, 6.45) is 3.36. The third-order valence-corrected chi connectivity index (χ3v) is 6.55. The fourth-order valence-electron chi connectivity index (χ4n) is 2.93. The van der Waals surface area contributed by atoms with Gasteiger partial charge in [-0.15, -0.1) is 0 Å². The third kappa shape index (κ3) is 3.19. The van der Waals surface area contributed by atoms with Gasteiger partial charge in [-0.1, -0.05) is 18.5 Å². The van der Waals surface area contributed by atoms with Gasteiger partial charge in [0.1, 0.15) is 16.5 Å². The first-order chi connectivity index (χ1) is 11.4. The zero-order chi connectivity index (χ0) is 17.3. The van der Waals surface area contributed by atoms with Crippen molar-refractivity contribution in [1.29, 1.82) is 0 Å². The highest BCUT2D eigenvalue weighted by molar-refractivity contribution is 7.89. The Morgan fingerprint density at radius 2 is 2.21 bits per heavy atom. The molecule has 3 rings (SSSR count). The number of aromatic amines is 1. The van der Waals surface area contributed by atoms with E-state index < -0.39 is 15.8 Å². The third-order valence-electron chi connectivity index (χ3n) is 4.21. The summed E-state index contributed by atoms with van der Waals surface area (Å²) in [7, 11) is -3.80. The van der Waals surface area contributed by atoms with Crippen molar-refractivity contribution < 1.29 is 12.8 Å². The van der Waals surface area contributed by atoms with Crippen molar-refractivity contribution in [2.24, 2.45) is 0 Å². The maximum absolute atomic E-state index is 13.2. The van der Waals surface area contributed by atoms with Gasteiger partial charge in [0.2, 0.25) is 10.0 Å². The second-order valence-electron chi connectivity index (χ2n) is 5.56. The number of likely N-dealkylation sites (N-methyl/N-ethyl adjacent to an activating group) is 1. The van der Waals surface area contributed by atoms with Crippen LogP contribution < -0.4 is 0 Å². The Balaban J connectivity index is 1.91. The first kappa shape index (κ1) is 17.3. The summed E-state index contributed by atoms with van der Waals surface area (Å²) in [6, 6.07) is 3.17. The number of rotatable bonds is 4. The normalized spacial score (nSPS) is 20.4. The summed E-state index contributed by atoms with van der Waals surface area (Å²) in [6.45, 7) is 4.01. The van der Waals surface area contributed by atoms with Gasteiger partial charge in [-0.3, -0.25) is 4.90 Å². The van der Waals surface area contributed by atoms with Crippen molar-refractivity contribution in [3.05, 3.63) is 47.3 Å². The number of imidazole rings is 1. The fourth-order valence-corrected chi connectivity index (χ4v) is 4.88. The average molecular weight is 373 g/mol. The largest absolute Gasteiger partial charge is 0.347 e. The molecule has 0 spiro atoms. The highest BCUT2D eigenvalue weighted by Gasteiger charge is 2.36. The molecule has 130 valence electrons. The Labute approximate surface area is 145 Å². The first-order valence-corrected chi connectivity index (χ1v) is 9.44. The van der Waals surface area contributed by atoms with Crippen molar-refractivity contribution in [3.63, 3.8) is 0 Å². The summed E-state index contributed by atoms with van der Waals surface area (Å²) in [5.41, 5.74) is 0. The number of benzene rings is 1. The average Bonchev–Trinajstić information content (AvgIpc) is 3.08. The van der Waals surface area contributed by atoms with Gasteiger partial charge < -0.3 is 4.98 Å². The van der Waals surface area contributed by atoms with Crippen LogP contribution in [-0.2, 0) is 10.0 Å². The molecule has 1 atom stereocenters. The minimum atomic E-state index is -3.80. The van der Waals surface area contributed by atoms with Crippen LogP contribution >= 0.6 is 11.6 Å². The van der Waals surface area contributed by atoms with Gasteiger partial charge in [-0.05, 0) is 24.7 Å². The van der Waals surface area contributed by atoms with Crippen LogP contribution in [-0.4, -0.2) is 53.8 Å². The van der Waals surface area contributed by atoms with Crippen LogP contribution in [0.4, 0.5) is 4.39 Å². The van der Waals surface area contributed by atoms with E-state index in [1.54, 1.807) is 12.4 Å². The summed E-state index contributed by atoms with van der Waals surface area (Å²) >= 11 is 5.95. The number of sulfonamides is 1. The number of nitrogens with one attached hydrogen (secondary N) is 1. The standard InChI is InChI=1S/C15H18ClFN4O2S/c1-2-20-7-8-21(10-13(20)15-18-5-6-19-15)24(22,23)14-4-3-11(17)9-12(14)16/h3-6,9,13H,2,7-8,10H2,1H3,(H,18,19)/t13-/m1/s1. The van der Waals surface area contributed by atoms with E-state index in [-0.39, 0.29) is 22.5 Å². The lowest BCUT2D eigenvalue weighted by atomic mass is 10.2. The van der Waals surface area contributed by atoms with Crippen LogP contribution in [0.5, 0.6) is 0 Å². The van der Waals surface area contributed by atoms with Gasteiger partial charge in [0.05, 0.1) is 11.1 Å². The molecule has 0 saturated carbocycles. The molecule has 1 aliphatic rings. The molecule has 0 unspecified atom stereocenters. The van der Waals surface area contributed by atoms with Crippen LogP contribution in [0.15, 0.2) is 35.5 Å². The topological polar surface area (TPSA) is 69.3 Å². The molecule has 24 heavy (non-hydrogen) atoms. The molecule has 0 amide bonds. The minimum Gasteiger partial charge on any atom is -0.347 e. The van der Waals surface area contributed by atoms with Crippen LogP contribution in [0.1, 0.15) is 18.8 Å². The molecular formula is C15H18ClFN4O2S. The van der Waals surface area contributed by atoms with E-state index in [2.05, 4.69) is 14.9 Å². The number of H-pyrrole nitrogens is 1. The summed E-state index contributed by atoms with van der Waals surface area (Å²) in [4.78, 5) is 9.40. The maximum atomic E-state index is 13.2. The molecule has 1 aliphatic heterocycles. The number of aromatic nitrogens is 2. The SMILES string of the molecule is CCN1CCN(S(=O)(=O)c2ccc(F)cc2Cl)C[C@@H]1c1ncc[nH]1. The van der Waals surface area contributed by atoms with E-state index in [0.29, 0.717) is 13.1 Å². The van der Waals surface area contributed by atoms with Crippen LogP contribution in [0.2, 0.25) is 5.02 Å². The Bertz CT molecular complexity index is 813. The quantitative estimate of drug-likeness (QED) is 0.893. The monoisotopic (exact) mass is 372 g/mol. The second-order valence-corrected chi connectivity index (χ2v) is 7.87. The Morgan fingerprint density at radius 3 is 2.83 bits per heavy atom. The number of hydrogen-bond donors (Lipinski definition) is 1. The molecule has 9 heteroatoms. The van der Waals surface area contributed by atoms with E-state index in [1.165, 1.54) is 10.4 Å². The molecule has 0 radical (unpaired) electrons. The molecular weight excluding hydrogens is 355 g/mol. The molecule has 1 fully saturated rings. The molecule has 0 bridgehead atoms. The molecule has 1 saturated heterocycles. The maximum Gasteiger partial charge on any atom is 0.244 e. The lowest BCUT2D eigenvalue weighted by Gasteiger charge is -2.39. The summed E-state index contributed by atoms with van der Waals surface area (Å²) in [5, 5.41) is -0.109. The van der Waals surface area contributed by atoms with Crippen molar-refractivity contribution in [2.45, 2.75) is 17.9 Å². The summed E-state index contributed by atoms with van der Waals surface area (Å²) < 4.78 is 40.4. The van der Waals surface area contributed by atoms with Crippen molar-refractivity contribution in [3.8, 4) is 0 Å². The number of halogens is 2. The zero-order valence-corrected chi connectivity index (χ0v) is 14.7. The number of nitrogens with zero attached hydrogens (tertiary/aromatic N) is 3. The zero-order valence-electron chi connectivity index (χ0n) is 13.1. The Hall–Kier alpha value is -1.48. The smallest absolute Gasteiger partial charge is 0.244 e. The van der Waals surface area contributed by atoms with E-state index in [9.17, 15) is 12.8 Å². The van der Waals surface area contributed by atoms with E-state index >= 15 is 0 Å². The highest BCUT2D eigenvalue weighted by Crippen LogP contribution is 2.30. The van der Waals surface area contributed by atoms with Gasteiger partial charge in [-0.25, -0.2) is 17.8 Å². The lowest BCUT2D eigenvalue weighted by molar-refractivity contribution is 0.119. The van der Waals surface area contributed by atoms with Crippen LogP contribution in [0, 0.1) is 5.82 Å². The van der Waals surface area contributed by atoms with Gasteiger partial charge in [0, 0.05) is 32.0 Å². The molecule has 1 N–H and O–H groups in total. The lowest BCUT2D eigenvalue weighted by Crippen LogP contribution is -2.50. The molecule has 1 aromatic heterocycles. The molecule has 6 nitrogen and oxygen atoms in total. The number of piperazine rings is 1. The molecule has 1 aromatic carbocycles. The van der Waals surface area contributed by atoms with Crippen molar-refractivity contribution in [1.82, 2.24) is 19.2 Å². The van der Waals surface area contributed by atoms with E-state index in [0.717, 1.165) is 24.5 Å². The summed E-state index contributed by atoms with van der Waals surface area (Å²) in [5.74, 6) is 0.158. The van der Waals surface area contributed by atoms with Crippen molar-refractivity contribution >= 4 is 21.6 Å². The Morgan fingerprint density at radius 1 is 1.42 bits per heavy atom. The second kappa shape index (κ2) is 6.79. The van der Waals surface area contributed by atoms with Crippen LogP contribution in [0.25, 0.3) is 0 Å². The Kier molecular flexibility index (Phi) is 4.91. The van der Waals surface area contributed by atoms with Gasteiger partial charge in [-0.2, -0.15) is 4.31 Å². The van der Waals surface area contributed by atoms with E-state index in [4.69, 9.17) is 11.6 Å².